The normalized spacial score (nSPS) is 16.9. The average Bonchev–Trinajstić information content (AvgIpc) is 2.68. The first-order chi connectivity index (χ1) is 12.9. The van der Waals surface area contributed by atoms with Crippen molar-refractivity contribution in [1.82, 2.24) is 14.5 Å². The Hall–Kier alpha value is -0.900. The molecular formula is C18H38N4O4S. The fourth-order valence-corrected chi connectivity index (χ4v) is 3.80. The van der Waals surface area contributed by atoms with Crippen LogP contribution in [0.1, 0.15) is 39.5 Å². The number of hydrogen-bond acceptors (Lipinski definition) is 5. The van der Waals surface area contributed by atoms with E-state index in [-0.39, 0.29) is 5.75 Å². The van der Waals surface area contributed by atoms with Gasteiger partial charge in [-0.25, -0.2) is 12.7 Å². The molecule has 0 spiro atoms. The van der Waals surface area contributed by atoms with Crippen molar-refractivity contribution in [3.63, 3.8) is 0 Å². The molecule has 1 fully saturated rings. The SMILES string of the molecule is CCNC(=NCCCN(C)S(=O)(=O)CC)N1CCC(OCCCOC)CC1. The summed E-state index contributed by atoms with van der Waals surface area (Å²) in [6.45, 7) is 8.98. The maximum atomic E-state index is 11.8. The van der Waals surface area contributed by atoms with Crippen molar-refractivity contribution >= 4 is 16.0 Å². The van der Waals surface area contributed by atoms with Gasteiger partial charge in [0.05, 0.1) is 11.9 Å². The van der Waals surface area contributed by atoms with Gasteiger partial charge in [-0.2, -0.15) is 0 Å². The van der Waals surface area contributed by atoms with E-state index >= 15 is 0 Å². The monoisotopic (exact) mass is 406 g/mol. The van der Waals surface area contributed by atoms with Crippen molar-refractivity contribution in [1.29, 1.82) is 0 Å². The predicted molar refractivity (Wildman–Crippen MR) is 110 cm³/mol. The van der Waals surface area contributed by atoms with Crippen LogP contribution in [-0.4, -0.2) is 95.5 Å². The molecule has 0 aromatic heterocycles. The lowest BCUT2D eigenvalue weighted by atomic mass is 10.1. The van der Waals surface area contributed by atoms with Gasteiger partial charge < -0.3 is 19.7 Å². The largest absolute Gasteiger partial charge is 0.385 e. The summed E-state index contributed by atoms with van der Waals surface area (Å²) in [5, 5.41) is 3.34. The van der Waals surface area contributed by atoms with Crippen LogP contribution in [-0.2, 0) is 19.5 Å². The van der Waals surface area contributed by atoms with E-state index in [0.29, 0.717) is 25.6 Å². The van der Waals surface area contributed by atoms with Gasteiger partial charge in [-0.05, 0) is 39.5 Å². The molecule has 27 heavy (non-hydrogen) atoms. The molecule has 1 rings (SSSR count). The fraction of sp³-hybridized carbons (Fsp3) is 0.944. The van der Waals surface area contributed by atoms with Gasteiger partial charge in [0.25, 0.3) is 0 Å². The molecule has 0 aromatic rings. The topological polar surface area (TPSA) is 83.5 Å². The van der Waals surface area contributed by atoms with E-state index < -0.39 is 10.0 Å². The van der Waals surface area contributed by atoms with Crippen molar-refractivity contribution in [2.24, 2.45) is 4.99 Å². The third kappa shape index (κ3) is 9.23. The lowest BCUT2D eigenvalue weighted by Gasteiger charge is -2.34. The van der Waals surface area contributed by atoms with Gasteiger partial charge in [0.2, 0.25) is 10.0 Å². The molecule has 0 radical (unpaired) electrons. The van der Waals surface area contributed by atoms with Crippen molar-refractivity contribution < 1.29 is 17.9 Å². The zero-order valence-electron chi connectivity index (χ0n) is 17.4. The average molecular weight is 407 g/mol. The maximum Gasteiger partial charge on any atom is 0.213 e. The first-order valence-corrected chi connectivity index (χ1v) is 11.6. The van der Waals surface area contributed by atoms with Crippen LogP contribution in [0.3, 0.4) is 0 Å². The van der Waals surface area contributed by atoms with Gasteiger partial charge >= 0.3 is 0 Å². The quantitative estimate of drug-likeness (QED) is 0.297. The molecule has 160 valence electrons. The third-order valence-corrected chi connectivity index (χ3v) is 6.52. The molecule has 0 aliphatic carbocycles. The molecule has 0 bridgehead atoms. The first kappa shape index (κ1) is 24.1. The minimum absolute atomic E-state index is 0.137. The van der Waals surface area contributed by atoms with Crippen molar-refractivity contribution in [2.75, 3.05) is 65.8 Å². The molecule has 1 saturated heterocycles. The molecular weight excluding hydrogens is 368 g/mol. The number of nitrogens with one attached hydrogen (secondary N) is 1. The van der Waals surface area contributed by atoms with Gasteiger partial charge in [0.1, 0.15) is 0 Å². The van der Waals surface area contributed by atoms with E-state index in [9.17, 15) is 8.42 Å². The standard InChI is InChI=1S/C18H38N4O4S/c1-5-19-18(20-11-7-12-21(3)27(23,24)6-2)22-13-9-17(10-14-22)26-16-8-15-25-4/h17H,5-16H2,1-4H3,(H,19,20). The second-order valence-electron chi connectivity index (χ2n) is 6.71. The van der Waals surface area contributed by atoms with Crippen LogP contribution in [0.4, 0.5) is 0 Å². The minimum atomic E-state index is -3.11. The molecule has 0 amide bonds. The van der Waals surface area contributed by atoms with Gasteiger partial charge in [-0.1, -0.05) is 0 Å². The molecule has 1 heterocycles. The molecule has 0 atom stereocenters. The summed E-state index contributed by atoms with van der Waals surface area (Å²) in [4.78, 5) is 6.95. The predicted octanol–water partition coefficient (Wildman–Crippen LogP) is 1.14. The number of piperidine rings is 1. The number of aliphatic imine (C=N–C) groups is 1. The Morgan fingerprint density at radius 1 is 1.22 bits per heavy atom. The molecule has 0 unspecified atom stereocenters. The number of sulfonamides is 1. The zero-order valence-corrected chi connectivity index (χ0v) is 18.3. The van der Waals surface area contributed by atoms with Gasteiger partial charge in [0.15, 0.2) is 5.96 Å². The van der Waals surface area contributed by atoms with Crippen LogP contribution < -0.4 is 5.32 Å². The molecule has 9 heteroatoms. The molecule has 1 aliphatic heterocycles. The molecule has 1 aliphatic rings. The Labute approximate surface area is 165 Å². The summed E-state index contributed by atoms with van der Waals surface area (Å²) >= 11 is 0. The number of guanidine groups is 1. The zero-order chi connectivity index (χ0) is 20.1. The van der Waals surface area contributed by atoms with E-state index in [0.717, 1.165) is 58.1 Å². The number of hydrogen-bond donors (Lipinski definition) is 1. The number of methoxy groups -OCH3 is 1. The Morgan fingerprint density at radius 2 is 1.93 bits per heavy atom. The van der Waals surface area contributed by atoms with E-state index in [1.807, 2.05) is 0 Å². The van der Waals surface area contributed by atoms with Crippen LogP contribution in [0.25, 0.3) is 0 Å². The Bertz CT molecular complexity index is 519. The second-order valence-corrected chi connectivity index (χ2v) is 9.08. The second kappa shape index (κ2) is 13.3. The van der Waals surface area contributed by atoms with Crippen molar-refractivity contribution in [3.8, 4) is 0 Å². The van der Waals surface area contributed by atoms with Gasteiger partial charge in [0, 0.05) is 60.1 Å². The van der Waals surface area contributed by atoms with Crippen LogP contribution in [0, 0.1) is 0 Å². The third-order valence-electron chi connectivity index (χ3n) is 4.66. The summed E-state index contributed by atoms with van der Waals surface area (Å²) in [7, 11) is 0.229. The first-order valence-electron chi connectivity index (χ1n) is 10.0. The van der Waals surface area contributed by atoms with Gasteiger partial charge in [-0.3, -0.25) is 4.99 Å². The van der Waals surface area contributed by atoms with Crippen LogP contribution >= 0.6 is 0 Å². The van der Waals surface area contributed by atoms with E-state index in [4.69, 9.17) is 9.47 Å². The Kier molecular flexibility index (Phi) is 11.9. The molecule has 0 saturated carbocycles. The van der Waals surface area contributed by atoms with Gasteiger partial charge in [-0.15, -0.1) is 0 Å². The summed E-state index contributed by atoms with van der Waals surface area (Å²) < 4.78 is 35.9. The van der Waals surface area contributed by atoms with E-state index in [1.165, 1.54) is 4.31 Å². The number of rotatable bonds is 12. The Balaban J connectivity index is 2.39. The summed E-state index contributed by atoms with van der Waals surface area (Å²) in [5.41, 5.74) is 0. The lowest BCUT2D eigenvalue weighted by Crippen LogP contribution is -2.47. The smallest absolute Gasteiger partial charge is 0.213 e. The lowest BCUT2D eigenvalue weighted by molar-refractivity contribution is 0.00990. The minimum Gasteiger partial charge on any atom is -0.385 e. The van der Waals surface area contributed by atoms with Crippen LogP contribution in [0.5, 0.6) is 0 Å². The van der Waals surface area contributed by atoms with Crippen LogP contribution in [0.2, 0.25) is 0 Å². The number of nitrogens with zero attached hydrogens (tertiary/aromatic N) is 3. The van der Waals surface area contributed by atoms with E-state index in [2.05, 4.69) is 22.1 Å². The van der Waals surface area contributed by atoms with E-state index in [1.54, 1.807) is 21.1 Å². The summed E-state index contributed by atoms with van der Waals surface area (Å²) in [5.74, 6) is 1.05. The highest BCUT2D eigenvalue weighted by Crippen LogP contribution is 2.14. The highest BCUT2D eigenvalue weighted by atomic mass is 32.2. The maximum absolute atomic E-state index is 11.8. The molecule has 1 N–H and O–H groups in total. The summed E-state index contributed by atoms with van der Waals surface area (Å²) in [6, 6.07) is 0. The molecule has 8 nitrogen and oxygen atoms in total. The Morgan fingerprint density at radius 3 is 2.52 bits per heavy atom. The number of likely N-dealkylation sites (tertiary alicyclic amines) is 1. The van der Waals surface area contributed by atoms with Crippen molar-refractivity contribution in [3.05, 3.63) is 0 Å². The van der Waals surface area contributed by atoms with Crippen LogP contribution in [0.15, 0.2) is 4.99 Å². The number of ether oxygens (including phenoxy) is 2. The highest BCUT2D eigenvalue weighted by Gasteiger charge is 2.22. The highest BCUT2D eigenvalue weighted by molar-refractivity contribution is 7.89. The van der Waals surface area contributed by atoms with Crippen molar-refractivity contribution in [2.45, 2.75) is 45.6 Å². The summed E-state index contributed by atoms with van der Waals surface area (Å²) in [6.07, 6.45) is 3.95. The molecule has 0 aromatic carbocycles. The fourth-order valence-electron chi connectivity index (χ4n) is 2.95.